The SMILES string of the molecule is Cc1ccc(S(=O)(=O)[C@H]2C[C@H]3OC(C)(C)O[C@H]3CS2)cc1. The van der Waals surface area contributed by atoms with Gasteiger partial charge in [0.2, 0.25) is 0 Å². The number of rotatable bonds is 2. The van der Waals surface area contributed by atoms with Gasteiger partial charge in [-0.3, -0.25) is 0 Å². The summed E-state index contributed by atoms with van der Waals surface area (Å²) >= 11 is 1.45. The fourth-order valence-electron chi connectivity index (χ4n) is 2.81. The first-order valence-electron chi connectivity index (χ1n) is 7.06. The third kappa shape index (κ3) is 2.99. The van der Waals surface area contributed by atoms with Gasteiger partial charge in [0, 0.05) is 12.2 Å². The Labute approximate surface area is 130 Å². The molecule has 0 aliphatic carbocycles. The van der Waals surface area contributed by atoms with Crippen LogP contribution in [0.5, 0.6) is 0 Å². The zero-order valence-corrected chi connectivity index (χ0v) is 14.0. The first-order chi connectivity index (χ1) is 9.78. The number of thioether (sulfide) groups is 1. The van der Waals surface area contributed by atoms with Gasteiger partial charge < -0.3 is 9.47 Å². The normalized spacial score (nSPS) is 31.9. The van der Waals surface area contributed by atoms with Crippen LogP contribution in [0.3, 0.4) is 0 Å². The molecule has 3 atom stereocenters. The van der Waals surface area contributed by atoms with Crippen LogP contribution in [-0.4, -0.2) is 36.7 Å². The van der Waals surface area contributed by atoms with Crippen molar-refractivity contribution in [1.82, 2.24) is 0 Å². The molecule has 0 radical (unpaired) electrons. The van der Waals surface area contributed by atoms with E-state index in [0.717, 1.165) is 5.56 Å². The van der Waals surface area contributed by atoms with Gasteiger partial charge in [0.05, 0.1) is 17.1 Å². The Morgan fingerprint density at radius 1 is 1.14 bits per heavy atom. The first kappa shape index (κ1) is 15.3. The lowest BCUT2D eigenvalue weighted by molar-refractivity contribution is -0.144. The van der Waals surface area contributed by atoms with Crippen molar-refractivity contribution in [1.29, 1.82) is 0 Å². The molecule has 4 nitrogen and oxygen atoms in total. The maximum atomic E-state index is 12.7. The Bertz CT molecular complexity index is 622. The maximum absolute atomic E-state index is 12.7. The van der Waals surface area contributed by atoms with Gasteiger partial charge in [-0.25, -0.2) is 8.42 Å². The molecule has 0 unspecified atom stereocenters. The summed E-state index contributed by atoms with van der Waals surface area (Å²) in [7, 11) is -3.33. The van der Waals surface area contributed by atoms with Crippen LogP contribution in [0.25, 0.3) is 0 Å². The van der Waals surface area contributed by atoms with E-state index in [1.54, 1.807) is 12.1 Å². The first-order valence-corrected chi connectivity index (χ1v) is 9.65. The molecule has 2 fully saturated rings. The van der Waals surface area contributed by atoms with Gasteiger partial charge in [-0.15, -0.1) is 11.8 Å². The van der Waals surface area contributed by atoms with E-state index in [4.69, 9.17) is 9.47 Å². The Morgan fingerprint density at radius 2 is 1.76 bits per heavy atom. The Balaban J connectivity index is 1.80. The molecule has 0 saturated carbocycles. The maximum Gasteiger partial charge on any atom is 0.190 e. The lowest BCUT2D eigenvalue weighted by atomic mass is 10.2. The van der Waals surface area contributed by atoms with Gasteiger partial charge in [0.15, 0.2) is 15.6 Å². The molecule has 116 valence electrons. The highest BCUT2D eigenvalue weighted by molar-refractivity contribution is 8.13. The summed E-state index contributed by atoms with van der Waals surface area (Å²) in [4.78, 5) is 0.391. The molecule has 0 bridgehead atoms. The highest BCUT2D eigenvalue weighted by Gasteiger charge is 2.47. The van der Waals surface area contributed by atoms with E-state index < -0.39 is 20.2 Å². The highest BCUT2D eigenvalue weighted by Crippen LogP contribution is 2.41. The summed E-state index contributed by atoms with van der Waals surface area (Å²) in [6.07, 6.45) is 0.343. The van der Waals surface area contributed by atoms with E-state index in [9.17, 15) is 8.42 Å². The molecule has 3 rings (SSSR count). The third-order valence-electron chi connectivity index (χ3n) is 3.85. The van der Waals surface area contributed by atoms with Crippen molar-refractivity contribution in [3.8, 4) is 0 Å². The number of ether oxygens (including phenoxy) is 2. The van der Waals surface area contributed by atoms with Crippen LogP contribution in [0.2, 0.25) is 0 Å². The van der Waals surface area contributed by atoms with Crippen molar-refractivity contribution in [3.63, 3.8) is 0 Å². The minimum absolute atomic E-state index is 0.00512. The van der Waals surface area contributed by atoms with Crippen LogP contribution in [0.15, 0.2) is 29.2 Å². The van der Waals surface area contributed by atoms with E-state index >= 15 is 0 Å². The van der Waals surface area contributed by atoms with Crippen molar-refractivity contribution in [3.05, 3.63) is 29.8 Å². The monoisotopic (exact) mass is 328 g/mol. The van der Waals surface area contributed by atoms with Crippen molar-refractivity contribution < 1.29 is 17.9 Å². The van der Waals surface area contributed by atoms with E-state index in [0.29, 0.717) is 17.1 Å². The van der Waals surface area contributed by atoms with Gasteiger partial charge in [0.1, 0.15) is 4.58 Å². The quantitative estimate of drug-likeness (QED) is 0.835. The molecular weight excluding hydrogens is 308 g/mol. The average Bonchev–Trinajstić information content (AvgIpc) is 2.71. The van der Waals surface area contributed by atoms with Crippen molar-refractivity contribution in [2.75, 3.05) is 5.75 Å². The van der Waals surface area contributed by atoms with Crippen LogP contribution in [0.4, 0.5) is 0 Å². The van der Waals surface area contributed by atoms with E-state index in [1.165, 1.54) is 11.8 Å². The Morgan fingerprint density at radius 3 is 2.43 bits per heavy atom. The fraction of sp³-hybridized carbons (Fsp3) is 0.600. The number of fused-ring (bicyclic) bond motifs is 1. The molecule has 0 amide bonds. The van der Waals surface area contributed by atoms with Crippen LogP contribution in [0.1, 0.15) is 25.8 Å². The van der Waals surface area contributed by atoms with Gasteiger partial charge in [-0.2, -0.15) is 0 Å². The molecule has 21 heavy (non-hydrogen) atoms. The summed E-state index contributed by atoms with van der Waals surface area (Å²) in [6.45, 7) is 5.70. The van der Waals surface area contributed by atoms with Gasteiger partial charge >= 0.3 is 0 Å². The standard InChI is InChI=1S/C15H20O4S2/c1-10-4-6-11(7-5-10)21(16,17)14-8-12-13(9-20-14)19-15(2,3)18-12/h4-7,12-14H,8-9H2,1-3H3/t12-,13+,14+/m1/s1. The second-order valence-electron chi connectivity index (χ2n) is 6.07. The zero-order valence-electron chi connectivity index (χ0n) is 12.4. The second-order valence-corrected chi connectivity index (χ2v) is 9.73. The Hall–Kier alpha value is -0.560. The summed E-state index contributed by atoms with van der Waals surface area (Å²) in [5.74, 6) is 0.0439. The number of sulfone groups is 1. The summed E-state index contributed by atoms with van der Waals surface area (Å²) in [5.41, 5.74) is 1.06. The summed E-state index contributed by atoms with van der Waals surface area (Å²) in [5, 5.41) is 0. The zero-order chi connectivity index (χ0) is 15.3. The van der Waals surface area contributed by atoms with Crippen molar-refractivity contribution >= 4 is 21.6 Å². The Kier molecular flexibility index (Phi) is 3.84. The lowest BCUT2D eigenvalue weighted by Gasteiger charge is -2.28. The summed E-state index contributed by atoms with van der Waals surface area (Å²) < 4.78 is 36.6. The van der Waals surface area contributed by atoms with Gasteiger partial charge in [-0.05, 0) is 32.9 Å². The van der Waals surface area contributed by atoms with Crippen LogP contribution in [0, 0.1) is 6.92 Å². The molecule has 1 aromatic rings. The minimum Gasteiger partial charge on any atom is -0.344 e. The van der Waals surface area contributed by atoms with Crippen molar-refractivity contribution in [2.45, 2.75) is 54.7 Å². The number of hydrogen-bond donors (Lipinski definition) is 0. The molecule has 2 heterocycles. The van der Waals surface area contributed by atoms with Crippen LogP contribution < -0.4 is 0 Å². The molecular formula is C15H20O4S2. The molecule has 2 aliphatic heterocycles. The predicted molar refractivity (Wildman–Crippen MR) is 83.1 cm³/mol. The van der Waals surface area contributed by atoms with E-state index in [1.807, 2.05) is 32.9 Å². The molecule has 0 spiro atoms. The molecule has 2 aliphatic rings. The topological polar surface area (TPSA) is 52.6 Å². The lowest BCUT2D eigenvalue weighted by Crippen LogP contribution is -2.37. The van der Waals surface area contributed by atoms with E-state index in [2.05, 4.69) is 0 Å². The molecule has 2 saturated heterocycles. The van der Waals surface area contributed by atoms with Gasteiger partial charge in [0.25, 0.3) is 0 Å². The predicted octanol–water partition coefficient (Wildman–Crippen LogP) is 2.75. The third-order valence-corrected chi connectivity index (χ3v) is 7.92. The van der Waals surface area contributed by atoms with Crippen molar-refractivity contribution in [2.24, 2.45) is 0 Å². The van der Waals surface area contributed by atoms with Gasteiger partial charge in [-0.1, -0.05) is 17.7 Å². The largest absolute Gasteiger partial charge is 0.344 e. The number of hydrogen-bond acceptors (Lipinski definition) is 5. The fourth-order valence-corrected chi connectivity index (χ4v) is 6.37. The molecule has 6 heteroatoms. The van der Waals surface area contributed by atoms with E-state index in [-0.39, 0.29) is 12.2 Å². The second kappa shape index (κ2) is 5.26. The highest BCUT2D eigenvalue weighted by atomic mass is 32.3. The van der Waals surface area contributed by atoms with Crippen LogP contribution in [-0.2, 0) is 19.3 Å². The number of benzene rings is 1. The molecule has 1 aromatic carbocycles. The molecule has 0 N–H and O–H groups in total. The summed E-state index contributed by atoms with van der Waals surface area (Å²) in [6, 6.07) is 7.05. The van der Waals surface area contributed by atoms with Crippen LogP contribution >= 0.6 is 11.8 Å². The average molecular weight is 328 g/mol. The minimum atomic E-state index is -3.33. The molecule has 0 aromatic heterocycles. The number of aryl methyl sites for hydroxylation is 1. The smallest absolute Gasteiger partial charge is 0.190 e.